The first kappa shape index (κ1) is 16.2. The van der Waals surface area contributed by atoms with Crippen molar-refractivity contribution >= 4 is 12.0 Å². The summed E-state index contributed by atoms with van der Waals surface area (Å²) < 4.78 is 26.6. The molecule has 1 unspecified atom stereocenters. The summed E-state index contributed by atoms with van der Waals surface area (Å²) in [6.07, 6.45) is 1.16. The van der Waals surface area contributed by atoms with Crippen LogP contribution in [0.3, 0.4) is 0 Å². The summed E-state index contributed by atoms with van der Waals surface area (Å²) in [6.45, 7) is 2.20. The second-order valence-corrected chi connectivity index (χ2v) is 5.46. The van der Waals surface area contributed by atoms with Gasteiger partial charge >= 0.3 is 12.0 Å². The molecule has 0 spiro atoms. The number of carbonyl (C=O) groups is 2. The van der Waals surface area contributed by atoms with Crippen LogP contribution in [0.5, 0.6) is 0 Å². The highest BCUT2D eigenvalue weighted by Crippen LogP contribution is 2.20. The third kappa shape index (κ3) is 3.72. The summed E-state index contributed by atoms with van der Waals surface area (Å²) in [5, 5.41) is 11.6. The molecule has 1 heterocycles. The number of rotatable bonds is 3. The minimum absolute atomic E-state index is 0.139. The summed E-state index contributed by atoms with van der Waals surface area (Å²) >= 11 is 0. The zero-order valence-electron chi connectivity index (χ0n) is 12.2. The summed E-state index contributed by atoms with van der Waals surface area (Å²) in [6, 6.07) is 2.09. The minimum atomic E-state index is -0.921. The van der Waals surface area contributed by atoms with Crippen LogP contribution in [0.25, 0.3) is 0 Å². The van der Waals surface area contributed by atoms with E-state index in [1.165, 1.54) is 11.0 Å². The molecule has 1 saturated heterocycles. The fourth-order valence-corrected chi connectivity index (χ4v) is 2.57. The van der Waals surface area contributed by atoms with Crippen molar-refractivity contribution in [3.8, 4) is 0 Å². The van der Waals surface area contributed by atoms with Crippen LogP contribution < -0.4 is 5.32 Å². The second-order valence-electron chi connectivity index (χ2n) is 5.46. The molecule has 120 valence electrons. The Balaban J connectivity index is 2.00. The Labute approximate surface area is 126 Å². The first-order valence-corrected chi connectivity index (χ1v) is 7.11. The van der Waals surface area contributed by atoms with Gasteiger partial charge in [-0.3, -0.25) is 4.79 Å². The van der Waals surface area contributed by atoms with Gasteiger partial charge in [-0.15, -0.1) is 0 Å². The van der Waals surface area contributed by atoms with Gasteiger partial charge < -0.3 is 15.3 Å². The van der Waals surface area contributed by atoms with Crippen LogP contribution in [-0.2, 0) is 4.79 Å². The monoisotopic (exact) mass is 312 g/mol. The molecule has 1 aliphatic heterocycles. The quantitative estimate of drug-likeness (QED) is 0.901. The number of urea groups is 1. The van der Waals surface area contributed by atoms with Crippen molar-refractivity contribution in [2.75, 3.05) is 13.1 Å². The Morgan fingerprint density at radius 3 is 2.77 bits per heavy atom. The molecule has 1 fully saturated rings. The number of hydrogen-bond donors (Lipinski definition) is 2. The molecule has 0 aromatic heterocycles. The molecule has 5 nitrogen and oxygen atoms in total. The average Bonchev–Trinajstić information content (AvgIpc) is 2.47. The maximum atomic E-state index is 13.7. The van der Waals surface area contributed by atoms with Crippen LogP contribution in [0.2, 0.25) is 0 Å². The predicted molar refractivity (Wildman–Crippen MR) is 75.2 cm³/mol. The van der Waals surface area contributed by atoms with Gasteiger partial charge in [0.1, 0.15) is 11.6 Å². The van der Waals surface area contributed by atoms with Crippen LogP contribution in [0.15, 0.2) is 18.2 Å². The first-order chi connectivity index (χ1) is 10.4. The Morgan fingerprint density at radius 2 is 2.14 bits per heavy atom. The molecule has 0 radical (unpaired) electrons. The zero-order chi connectivity index (χ0) is 16.3. The third-order valence-electron chi connectivity index (χ3n) is 3.83. The molecule has 0 saturated carbocycles. The number of nitrogens with one attached hydrogen (secondary N) is 1. The molecule has 1 aliphatic rings. The summed E-state index contributed by atoms with van der Waals surface area (Å²) in [5.74, 6) is -2.90. The van der Waals surface area contributed by atoms with E-state index in [9.17, 15) is 18.4 Å². The van der Waals surface area contributed by atoms with Crippen molar-refractivity contribution in [3.63, 3.8) is 0 Å². The topological polar surface area (TPSA) is 69.6 Å². The molecule has 2 N–H and O–H groups in total. The van der Waals surface area contributed by atoms with Gasteiger partial charge in [0.2, 0.25) is 0 Å². The van der Waals surface area contributed by atoms with E-state index < -0.39 is 35.6 Å². The van der Waals surface area contributed by atoms with Crippen LogP contribution in [-0.4, -0.2) is 35.1 Å². The maximum absolute atomic E-state index is 13.7. The number of amides is 2. The van der Waals surface area contributed by atoms with E-state index in [1.54, 1.807) is 6.92 Å². The van der Waals surface area contributed by atoms with E-state index in [1.807, 2.05) is 0 Å². The Bertz CT molecular complexity index is 580. The second kappa shape index (κ2) is 6.72. The van der Waals surface area contributed by atoms with E-state index in [4.69, 9.17) is 5.11 Å². The lowest BCUT2D eigenvalue weighted by Gasteiger charge is -2.31. The standard InChI is InChI=1S/C15H18F2N2O3/c1-9(12-5-4-11(16)7-13(12)17)18-15(22)19-6-2-3-10(8-19)14(20)21/h4-5,7,9-10H,2-3,6,8H2,1H3,(H,18,22)(H,20,21)/t9-,10?/m0/s1. The van der Waals surface area contributed by atoms with Crippen LogP contribution in [0, 0.1) is 17.6 Å². The number of halogens is 2. The molecule has 22 heavy (non-hydrogen) atoms. The van der Waals surface area contributed by atoms with Crippen molar-refractivity contribution in [2.45, 2.75) is 25.8 Å². The van der Waals surface area contributed by atoms with Gasteiger partial charge in [-0.2, -0.15) is 0 Å². The lowest BCUT2D eigenvalue weighted by atomic mass is 9.98. The van der Waals surface area contributed by atoms with E-state index in [0.29, 0.717) is 19.4 Å². The van der Waals surface area contributed by atoms with Gasteiger partial charge in [0.25, 0.3) is 0 Å². The van der Waals surface area contributed by atoms with Crippen molar-refractivity contribution < 1.29 is 23.5 Å². The Hall–Kier alpha value is -2.18. The van der Waals surface area contributed by atoms with E-state index in [0.717, 1.165) is 12.1 Å². The molecule has 2 atom stereocenters. The lowest BCUT2D eigenvalue weighted by molar-refractivity contribution is -0.143. The first-order valence-electron chi connectivity index (χ1n) is 7.11. The molecular weight excluding hydrogens is 294 g/mol. The third-order valence-corrected chi connectivity index (χ3v) is 3.83. The summed E-state index contributed by atoms with van der Waals surface area (Å²) in [5.41, 5.74) is 0.182. The van der Waals surface area contributed by atoms with Crippen molar-refractivity contribution in [3.05, 3.63) is 35.4 Å². The van der Waals surface area contributed by atoms with Gasteiger partial charge in [-0.25, -0.2) is 13.6 Å². The van der Waals surface area contributed by atoms with Crippen LogP contribution in [0.4, 0.5) is 13.6 Å². The Kier molecular flexibility index (Phi) is 4.95. The number of carboxylic acid groups (broad SMARTS) is 1. The summed E-state index contributed by atoms with van der Waals surface area (Å²) in [7, 11) is 0. The van der Waals surface area contributed by atoms with Crippen molar-refractivity contribution in [1.82, 2.24) is 10.2 Å². The number of carboxylic acids is 1. The van der Waals surface area contributed by atoms with Crippen molar-refractivity contribution in [2.24, 2.45) is 5.92 Å². The number of hydrogen-bond acceptors (Lipinski definition) is 2. The normalized spacial score (nSPS) is 19.6. The molecule has 2 amide bonds. The number of likely N-dealkylation sites (tertiary alicyclic amines) is 1. The number of carbonyl (C=O) groups excluding carboxylic acids is 1. The van der Waals surface area contributed by atoms with Gasteiger partial charge in [-0.05, 0) is 25.8 Å². The largest absolute Gasteiger partial charge is 0.481 e. The van der Waals surface area contributed by atoms with Gasteiger partial charge in [0.05, 0.1) is 12.0 Å². The number of nitrogens with zero attached hydrogens (tertiary/aromatic N) is 1. The number of piperidine rings is 1. The van der Waals surface area contributed by atoms with Crippen molar-refractivity contribution in [1.29, 1.82) is 0 Å². The highest BCUT2D eigenvalue weighted by molar-refractivity contribution is 5.77. The fourth-order valence-electron chi connectivity index (χ4n) is 2.57. The smallest absolute Gasteiger partial charge is 0.317 e. The van der Waals surface area contributed by atoms with Crippen LogP contribution >= 0.6 is 0 Å². The van der Waals surface area contributed by atoms with Crippen LogP contribution in [0.1, 0.15) is 31.4 Å². The van der Waals surface area contributed by atoms with Gasteiger partial charge in [-0.1, -0.05) is 6.07 Å². The zero-order valence-corrected chi connectivity index (χ0v) is 12.2. The minimum Gasteiger partial charge on any atom is -0.481 e. The molecular formula is C15H18F2N2O3. The molecule has 0 bridgehead atoms. The van der Waals surface area contributed by atoms with E-state index in [-0.39, 0.29) is 12.1 Å². The average molecular weight is 312 g/mol. The molecule has 1 aromatic carbocycles. The number of benzene rings is 1. The fraction of sp³-hybridized carbons (Fsp3) is 0.467. The molecule has 7 heteroatoms. The number of aliphatic carboxylic acids is 1. The van der Waals surface area contributed by atoms with E-state index >= 15 is 0 Å². The highest BCUT2D eigenvalue weighted by Gasteiger charge is 2.28. The predicted octanol–water partition coefficient (Wildman–Crippen LogP) is 2.53. The maximum Gasteiger partial charge on any atom is 0.317 e. The van der Waals surface area contributed by atoms with Gasteiger partial charge in [0.15, 0.2) is 0 Å². The molecule has 0 aliphatic carbocycles. The van der Waals surface area contributed by atoms with E-state index in [2.05, 4.69) is 5.32 Å². The molecule has 1 aromatic rings. The SMILES string of the molecule is C[C@H](NC(=O)N1CCCC(C(=O)O)C1)c1ccc(F)cc1F. The highest BCUT2D eigenvalue weighted by atomic mass is 19.1. The Morgan fingerprint density at radius 1 is 1.41 bits per heavy atom. The summed E-state index contributed by atoms with van der Waals surface area (Å²) in [4.78, 5) is 24.6. The lowest BCUT2D eigenvalue weighted by Crippen LogP contribution is -2.47. The molecule has 2 rings (SSSR count). The van der Waals surface area contributed by atoms with Gasteiger partial charge in [0, 0.05) is 24.7 Å².